The minimum absolute atomic E-state index is 0.0824. The summed E-state index contributed by atoms with van der Waals surface area (Å²) in [5.41, 5.74) is 2.12. The van der Waals surface area contributed by atoms with Gasteiger partial charge in [-0.25, -0.2) is 4.39 Å². The van der Waals surface area contributed by atoms with E-state index in [2.05, 4.69) is 5.32 Å². The predicted molar refractivity (Wildman–Crippen MR) is 79.5 cm³/mol. The van der Waals surface area contributed by atoms with Crippen LogP contribution in [0.25, 0.3) is 0 Å². The quantitative estimate of drug-likeness (QED) is 0.829. The van der Waals surface area contributed by atoms with Gasteiger partial charge in [0, 0.05) is 6.54 Å². The van der Waals surface area contributed by atoms with Gasteiger partial charge in [0.05, 0.1) is 12.7 Å². The number of benzene rings is 2. The van der Waals surface area contributed by atoms with Crippen LogP contribution in [0, 0.1) is 17.1 Å². The highest BCUT2D eigenvalue weighted by atomic mass is 19.1. The number of para-hydroxylation sites is 1. The van der Waals surface area contributed by atoms with Crippen LogP contribution >= 0.6 is 0 Å². The number of rotatable bonds is 6. The summed E-state index contributed by atoms with van der Waals surface area (Å²) in [7, 11) is 1.66. The molecule has 0 saturated carbocycles. The normalized spacial score (nSPS) is 10.1. The molecule has 0 fully saturated rings. The monoisotopic (exact) mass is 284 g/mol. The maximum absolute atomic E-state index is 13.2. The molecule has 2 aromatic rings. The first-order chi connectivity index (χ1) is 10.2. The van der Waals surface area contributed by atoms with Gasteiger partial charge in [-0.15, -0.1) is 0 Å². The molecule has 0 atom stereocenters. The lowest BCUT2D eigenvalue weighted by Crippen LogP contribution is -2.17. The Balaban J connectivity index is 1.86. The average molecular weight is 284 g/mol. The van der Waals surface area contributed by atoms with Crippen LogP contribution in [0.5, 0.6) is 5.75 Å². The Bertz CT molecular complexity index is 649. The molecule has 0 aliphatic rings. The number of hydrogen-bond donors (Lipinski definition) is 1. The second-order valence-corrected chi connectivity index (χ2v) is 4.66. The van der Waals surface area contributed by atoms with E-state index < -0.39 is 5.82 Å². The van der Waals surface area contributed by atoms with Gasteiger partial charge in [0.25, 0.3) is 0 Å². The van der Waals surface area contributed by atoms with Crippen molar-refractivity contribution in [3.8, 4) is 11.8 Å². The van der Waals surface area contributed by atoms with E-state index in [0.717, 1.165) is 29.8 Å². The van der Waals surface area contributed by atoms with Gasteiger partial charge in [0.15, 0.2) is 0 Å². The van der Waals surface area contributed by atoms with Crippen molar-refractivity contribution in [3.63, 3.8) is 0 Å². The molecule has 0 heterocycles. The smallest absolute Gasteiger partial charge is 0.140 e. The van der Waals surface area contributed by atoms with Gasteiger partial charge in [-0.05, 0) is 42.3 Å². The van der Waals surface area contributed by atoms with E-state index >= 15 is 0 Å². The van der Waals surface area contributed by atoms with Gasteiger partial charge < -0.3 is 10.1 Å². The van der Waals surface area contributed by atoms with Crippen LogP contribution in [0.1, 0.15) is 16.7 Å². The zero-order valence-corrected chi connectivity index (χ0v) is 11.9. The molecule has 0 aromatic heterocycles. The van der Waals surface area contributed by atoms with Gasteiger partial charge in [-0.3, -0.25) is 0 Å². The number of ether oxygens (including phenoxy) is 1. The minimum Gasteiger partial charge on any atom is -0.496 e. The van der Waals surface area contributed by atoms with Gasteiger partial charge in [0.1, 0.15) is 17.6 Å². The number of halogens is 1. The van der Waals surface area contributed by atoms with Crippen molar-refractivity contribution >= 4 is 0 Å². The molecule has 0 radical (unpaired) electrons. The summed E-state index contributed by atoms with van der Waals surface area (Å²) >= 11 is 0. The third kappa shape index (κ3) is 4.04. The fraction of sp³-hybridized carbons (Fsp3) is 0.235. The second-order valence-electron chi connectivity index (χ2n) is 4.66. The Labute approximate surface area is 124 Å². The summed E-state index contributed by atoms with van der Waals surface area (Å²) in [5, 5.41) is 12.1. The Morgan fingerprint density at radius 3 is 2.81 bits per heavy atom. The van der Waals surface area contributed by atoms with E-state index in [-0.39, 0.29) is 5.56 Å². The zero-order chi connectivity index (χ0) is 15.1. The van der Waals surface area contributed by atoms with Crippen LogP contribution in [0.15, 0.2) is 42.5 Å². The molecule has 2 aromatic carbocycles. The lowest BCUT2D eigenvalue weighted by atomic mass is 10.1. The molecule has 21 heavy (non-hydrogen) atoms. The molecule has 0 saturated heterocycles. The van der Waals surface area contributed by atoms with Crippen molar-refractivity contribution in [3.05, 3.63) is 65.0 Å². The summed E-state index contributed by atoms with van der Waals surface area (Å²) < 4.78 is 18.5. The van der Waals surface area contributed by atoms with E-state index in [9.17, 15) is 4.39 Å². The number of nitrogens with one attached hydrogen (secondary N) is 1. The fourth-order valence-corrected chi connectivity index (χ4v) is 2.13. The Hall–Kier alpha value is -2.38. The highest BCUT2D eigenvalue weighted by Crippen LogP contribution is 2.17. The van der Waals surface area contributed by atoms with E-state index in [4.69, 9.17) is 10.00 Å². The maximum Gasteiger partial charge on any atom is 0.140 e. The SMILES string of the molecule is COc1ccccc1CCNCc1ccc(F)c(C#N)c1. The molecule has 1 N–H and O–H groups in total. The van der Waals surface area contributed by atoms with Crippen molar-refractivity contribution < 1.29 is 9.13 Å². The van der Waals surface area contributed by atoms with Crippen molar-refractivity contribution in [1.29, 1.82) is 5.26 Å². The summed E-state index contributed by atoms with van der Waals surface area (Å²) in [4.78, 5) is 0. The van der Waals surface area contributed by atoms with Crippen molar-refractivity contribution in [1.82, 2.24) is 5.32 Å². The average Bonchev–Trinajstić information content (AvgIpc) is 2.53. The predicted octanol–water partition coefficient (Wildman–Crippen LogP) is 3.04. The summed E-state index contributed by atoms with van der Waals surface area (Å²) in [5.74, 6) is 0.406. The number of nitrogens with zero attached hydrogens (tertiary/aromatic N) is 1. The van der Waals surface area contributed by atoms with Crippen LogP contribution in [0.2, 0.25) is 0 Å². The standard InChI is InChI=1S/C17H17FN2O/c1-21-17-5-3-2-4-14(17)8-9-20-12-13-6-7-16(18)15(10-13)11-19/h2-7,10,20H,8-9,12H2,1H3. The third-order valence-corrected chi connectivity index (χ3v) is 3.24. The van der Waals surface area contributed by atoms with Gasteiger partial charge in [-0.2, -0.15) is 5.26 Å². The van der Waals surface area contributed by atoms with Crippen LogP contribution in [0.4, 0.5) is 4.39 Å². The highest BCUT2D eigenvalue weighted by molar-refractivity contribution is 5.35. The number of methoxy groups -OCH3 is 1. The molecule has 2 rings (SSSR count). The number of nitriles is 1. The first-order valence-corrected chi connectivity index (χ1v) is 6.75. The molecule has 0 bridgehead atoms. The molecule has 3 nitrogen and oxygen atoms in total. The van der Waals surface area contributed by atoms with Gasteiger partial charge in [0.2, 0.25) is 0 Å². The molecule has 0 spiro atoms. The molecule has 0 amide bonds. The van der Waals surface area contributed by atoms with Crippen LogP contribution in [-0.2, 0) is 13.0 Å². The van der Waals surface area contributed by atoms with E-state index in [1.807, 2.05) is 30.3 Å². The zero-order valence-electron chi connectivity index (χ0n) is 11.9. The van der Waals surface area contributed by atoms with E-state index in [0.29, 0.717) is 6.54 Å². The molecule has 108 valence electrons. The van der Waals surface area contributed by atoms with Crippen LogP contribution < -0.4 is 10.1 Å². The topological polar surface area (TPSA) is 45.0 Å². The molecule has 0 aliphatic heterocycles. The second kappa shape index (κ2) is 7.41. The molecule has 4 heteroatoms. The highest BCUT2D eigenvalue weighted by Gasteiger charge is 2.03. The minimum atomic E-state index is -0.477. The van der Waals surface area contributed by atoms with E-state index in [1.165, 1.54) is 6.07 Å². The van der Waals surface area contributed by atoms with Crippen molar-refractivity contribution in [2.24, 2.45) is 0 Å². The Morgan fingerprint density at radius 2 is 2.05 bits per heavy atom. The van der Waals surface area contributed by atoms with Crippen molar-refractivity contribution in [2.75, 3.05) is 13.7 Å². The first kappa shape index (κ1) is 15.0. The third-order valence-electron chi connectivity index (χ3n) is 3.24. The van der Waals surface area contributed by atoms with Gasteiger partial charge in [-0.1, -0.05) is 24.3 Å². The molecular formula is C17H17FN2O. The molecular weight excluding hydrogens is 267 g/mol. The number of hydrogen-bond acceptors (Lipinski definition) is 3. The fourth-order valence-electron chi connectivity index (χ4n) is 2.13. The first-order valence-electron chi connectivity index (χ1n) is 6.75. The van der Waals surface area contributed by atoms with E-state index in [1.54, 1.807) is 19.2 Å². The molecule has 0 aliphatic carbocycles. The lowest BCUT2D eigenvalue weighted by molar-refractivity contribution is 0.409. The van der Waals surface area contributed by atoms with Crippen LogP contribution in [-0.4, -0.2) is 13.7 Å². The largest absolute Gasteiger partial charge is 0.496 e. The summed E-state index contributed by atoms with van der Waals surface area (Å²) in [6.45, 7) is 1.38. The summed E-state index contributed by atoms with van der Waals surface area (Å²) in [6.07, 6.45) is 0.844. The maximum atomic E-state index is 13.2. The van der Waals surface area contributed by atoms with Gasteiger partial charge >= 0.3 is 0 Å². The summed E-state index contributed by atoms with van der Waals surface area (Å²) in [6, 6.07) is 14.3. The van der Waals surface area contributed by atoms with Crippen LogP contribution in [0.3, 0.4) is 0 Å². The Morgan fingerprint density at radius 1 is 1.24 bits per heavy atom. The Kier molecular flexibility index (Phi) is 5.30. The van der Waals surface area contributed by atoms with Crippen molar-refractivity contribution in [2.45, 2.75) is 13.0 Å². The lowest BCUT2D eigenvalue weighted by Gasteiger charge is -2.09. The molecule has 0 unspecified atom stereocenters.